The molecule has 2 fully saturated rings. The molecule has 1 aromatic carbocycles. The summed E-state index contributed by atoms with van der Waals surface area (Å²) < 4.78 is 34.1. The molecule has 2 atom stereocenters. The lowest BCUT2D eigenvalue weighted by atomic mass is 10.0. The summed E-state index contributed by atoms with van der Waals surface area (Å²) in [5, 5.41) is 5.24. The third-order valence-corrected chi connectivity index (χ3v) is 8.49. The zero-order valence-corrected chi connectivity index (χ0v) is 20.1. The van der Waals surface area contributed by atoms with E-state index in [4.69, 9.17) is 4.74 Å². The Balaban J connectivity index is 1.58. The lowest BCUT2D eigenvalue weighted by Crippen LogP contribution is -2.47. The van der Waals surface area contributed by atoms with Crippen LogP contribution in [-0.4, -0.2) is 62.9 Å². The molecule has 32 heavy (non-hydrogen) atoms. The second kappa shape index (κ2) is 10.8. The average molecular weight is 466 g/mol. The third kappa shape index (κ3) is 5.88. The number of sulfonamides is 1. The summed E-state index contributed by atoms with van der Waals surface area (Å²) in [6, 6.07) is 3.59. The van der Waals surface area contributed by atoms with E-state index in [2.05, 4.69) is 10.6 Å². The second-order valence-corrected chi connectivity index (χ2v) is 10.7. The maximum atomic E-state index is 13.5. The van der Waals surface area contributed by atoms with Crippen molar-refractivity contribution in [3.63, 3.8) is 0 Å². The summed E-state index contributed by atoms with van der Waals surface area (Å²) in [5.74, 6) is -1.38. The minimum absolute atomic E-state index is 0.0264. The van der Waals surface area contributed by atoms with E-state index in [0.717, 1.165) is 48.8 Å². The molecule has 0 aliphatic carbocycles. The van der Waals surface area contributed by atoms with Crippen molar-refractivity contribution in [2.45, 2.75) is 76.3 Å². The van der Waals surface area contributed by atoms with E-state index in [0.29, 0.717) is 31.0 Å². The number of hydrogen-bond acceptors (Lipinski definition) is 5. The minimum Gasteiger partial charge on any atom is -0.376 e. The van der Waals surface area contributed by atoms with Crippen LogP contribution < -0.4 is 10.6 Å². The first kappa shape index (κ1) is 24.7. The fourth-order valence-corrected chi connectivity index (χ4v) is 6.93. The summed E-state index contributed by atoms with van der Waals surface area (Å²) in [6.07, 6.45) is 4.79. The summed E-state index contributed by atoms with van der Waals surface area (Å²) in [6.45, 7) is 7.36. The zero-order chi connectivity index (χ0) is 23.3. The van der Waals surface area contributed by atoms with Gasteiger partial charge in [-0.15, -0.1) is 0 Å². The fourth-order valence-electron chi connectivity index (χ4n) is 4.79. The molecule has 2 saturated heterocycles. The van der Waals surface area contributed by atoms with Gasteiger partial charge in [-0.05, 0) is 64.0 Å². The highest BCUT2D eigenvalue weighted by molar-refractivity contribution is 7.89. The number of rotatable bonds is 7. The maximum Gasteiger partial charge on any atom is 0.309 e. The SMILES string of the molecule is Cc1cc(C)c(S(=O)(=O)N2CCCCC2CCNC(=O)C(=O)NCC2CCCO2)c(C)c1. The Labute approximate surface area is 191 Å². The van der Waals surface area contributed by atoms with Gasteiger partial charge in [-0.2, -0.15) is 4.31 Å². The number of ether oxygens (including phenoxy) is 1. The molecular weight excluding hydrogens is 430 g/mol. The molecule has 2 N–H and O–H groups in total. The van der Waals surface area contributed by atoms with Crippen molar-refractivity contribution in [2.24, 2.45) is 0 Å². The van der Waals surface area contributed by atoms with Gasteiger partial charge in [0, 0.05) is 32.3 Å². The second-order valence-electron chi connectivity index (χ2n) is 8.88. The van der Waals surface area contributed by atoms with Gasteiger partial charge in [0.05, 0.1) is 11.0 Å². The van der Waals surface area contributed by atoms with E-state index in [-0.39, 0.29) is 18.7 Å². The predicted octanol–water partition coefficient (Wildman–Crippen LogP) is 1.96. The molecule has 9 heteroatoms. The lowest BCUT2D eigenvalue weighted by molar-refractivity contribution is -0.139. The molecule has 2 amide bonds. The molecule has 0 saturated carbocycles. The topological polar surface area (TPSA) is 105 Å². The molecule has 2 heterocycles. The van der Waals surface area contributed by atoms with E-state index < -0.39 is 21.8 Å². The van der Waals surface area contributed by atoms with Crippen LogP contribution in [0, 0.1) is 20.8 Å². The van der Waals surface area contributed by atoms with E-state index in [1.54, 1.807) is 4.31 Å². The molecule has 178 valence electrons. The Morgan fingerprint density at radius 1 is 1.03 bits per heavy atom. The Morgan fingerprint density at radius 3 is 2.38 bits per heavy atom. The van der Waals surface area contributed by atoms with Gasteiger partial charge in [0.25, 0.3) is 0 Å². The average Bonchev–Trinajstić information content (AvgIpc) is 3.25. The van der Waals surface area contributed by atoms with Crippen molar-refractivity contribution in [3.05, 3.63) is 28.8 Å². The normalized spacial score (nSPS) is 22.0. The largest absolute Gasteiger partial charge is 0.376 e. The summed E-state index contributed by atoms with van der Waals surface area (Å²) in [4.78, 5) is 24.5. The molecule has 8 nitrogen and oxygen atoms in total. The van der Waals surface area contributed by atoms with Crippen LogP contribution in [0.2, 0.25) is 0 Å². The number of carbonyl (C=O) groups excluding carboxylic acids is 2. The molecule has 2 aliphatic rings. The fraction of sp³-hybridized carbons (Fsp3) is 0.652. The van der Waals surface area contributed by atoms with Crippen LogP contribution in [0.4, 0.5) is 0 Å². The van der Waals surface area contributed by atoms with Crippen LogP contribution in [0.5, 0.6) is 0 Å². The first-order valence-corrected chi connectivity index (χ1v) is 12.9. The minimum atomic E-state index is -3.65. The maximum absolute atomic E-state index is 13.5. The van der Waals surface area contributed by atoms with Crippen molar-refractivity contribution >= 4 is 21.8 Å². The smallest absolute Gasteiger partial charge is 0.309 e. The molecule has 0 spiro atoms. The van der Waals surface area contributed by atoms with Gasteiger partial charge in [-0.25, -0.2) is 8.42 Å². The lowest BCUT2D eigenvalue weighted by Gasteiger charge is -2.35. The van der Waals surface area contributed by atoms with Crippen LogP contribution in [0.1, 0.15) is 55.2 Å². The van der Waals surface area contributed by atoms with Crippen LogP contribution in [0.15, 0.2) is 17.0 Å². The number of amides is 2. The number of hydrogen-bond donors (Lipinski definition) is 2. The van der Waals surface area contributed by atoms with Crippen molar-refractivity contribution in [2.75, 3.05) is 26.2 Å². The van der Waals surface area contributed by atoms with Crippen molar-refractivity contribution in [1.29, 1.82) is 0 Å². The Morgan fingerprint density at radius 2 is 1.72 bits per heavy atom. The standard InChI is InChI=1S/C23H35N3O5S/c1-16-13-17(2)21(18(3)14-16)32(29,30)26-11-5-4-7-19(26)9-10-24-22(27)23(28)25-15-20-8-6-12-31-20/h13-14,19-20H,4-12,15H2,1-3H3,(H,24,27)(H,25,28). The van der Waals surface area contributed by atoms with Crippen LogP contribution in [-0.2, 0) is 24.3 Å². The van der Waals surface area contributed by atoms with E-state index >= 15 is 0 Å². The quantitative estimate of drug-likeness (QED) is 0.599. The first-order chi connectivity index (χ1) is 15.2. The molecule has 2 unspecified atom stereocenters. The Bertz CT molecular complexity index is 918. The van der Waals surface area contributed by atoms with Crippen molar-refractivity contribution in [1.82, 2.24) is 14.9 Å². The molecule has 0 radical (unpaired) electrons. The molecule has 2 aliphatic heterocycles. The molecule has 1 aromatic rings. The van der Waals surface area contributed by atoms with E-state index in [1.165, 1.54) is 0 Å². The molecule has 0 bridgehead atoms. The molecule has 3 rings (SSSR count). The van der Waals surface area contributed by atoms with Crippen LogP contribution in [0.3, 0.4) is 0 Å². The summed E-state index contributed by atoms with van der Waals surface area (Å²) in [5.41, 5.74) is 2.54. The van der Waals surface area contributed by atoms with Crippen molar-refractivity contribution < 1.29 is 22.7 Å². The highest BCUT2D eigenvalue weighted by Gasteiger charge is 2.35. The number of carbonyl (C=O) groups is 2. The predicted molar refractivity (Wildman–Crippen MR) is 122 cm³/mol. The Hall–Kier alpha value is -1.97. The third-order valence-electron chi connectivity index (χ3n) is 6.23. The highest BCUT2D eigenvalue weighted by atomic mass is 32.2. The van der Waals surface area contributed by atoms with Gasteiger partial charge in [0.1, 0.15) is 0 Å². The number of benzene rings is 1. The molecular formula is C23H35N3O5S. The number of nitrogens with one attached hydrogen (secondary N) is 2. The van der Waals surface area contributed by atoms with Crippen LogP contribution >= 0.6 is 0 Å². The van der Waals surface area contributed by atoms with Gasteiger partial charge in [0.2, 0.25) is 10.0 Å². The van der Waals surface area contributed by atoms with E-state index in [9.17, 15) is 18.0 Å². The van der Waals surface area contributed by atoms with Gasteiger partial charge in [-0.1, -0.05) is 24.1 Å². The number of nitrogens with zero attached hydrogens (tertiary/aromatic N) is 1. The van der Waals surface area contributed by atoms with Gasteiger partial charge in [0.15, 0.2) is 0 Å². The number of aryl methyl sites for hydroxylation is 3. The van der Waals surface area contributed by atoms with Crippen molar-refractivity contribution in [3.8, 4) is 0 Å². The Kier molecular flexibility index (Phi) is 8.30. The number of piperidine rings is 1. The van der Waals surface area contributed by atoms with Crippen LogP contribution in [0.25, 0.3) is 0 Å². The van der Waals surface area contributed by atoms with Gasteiger partial charge in [-0.3, -0.25) is 9.59 Å². The molecule has 0 aromatic heterocycles. The van der Waals surface area contributed by atoms with Gasteiger partial charge >= 0.3 is 11.8 Å². The monoisotopic (exact) mass is 465 g/mol. The summed E-state index contributed by atoms with van der Waals surface area (Å²) >= 11 is 0. The summed E-state index contributed by atoms with van der Waals surface area (Å²) in [7, 11) is -3.65. The van der Waals surface area contributed by atoms with E-state index in [1.807, 2.05) is 32.9 Å². The first-order valence-electron chi connectivity index (χ1n) is 11.5. The zero-order valence-electron chi connectivity index (χ0n) is 19.3. The van der Waals surface area contributed by atoms with Gasteiger partial charge < -0.3 is 15.4 Å². The highest BCUT2D eigenvalue weighted by Crippen LogP contribution is 2.31.